The maximum absolute atomic E-state index is 10.1. The largest absolute Gasteiger partial charge is 0.505 e. The molecule has 0 aliphatic carbocycles. The molecule has 0 saturated carbocycles. The highest BCUT2D eigenvalue weighted by Crippen LogP contribution is 2.26. The Kier molecular flexibility index (Phi) is 2.06. The summed E-state index contributed by atoms with van der Waals surface area (Å²) in [4.78, 5) is 1.42. The van der Waals surface area contributed by atoms with Crippen LogP contribution in [0.4, 0.5) is 0 Å². The summed E-state index contributed by atoms with van der Waals surface area (Å²) in [6.45, 7) is 3.80. The minimum atomic E-state index is 0.178. The van der Waals surface area contributed by atoms with E-state index >= 15 is 0 Å². The molecule has 4 heteroatoms. The van der Waals surface area contributed by atoms with E-state index in [0.29, 0.717) is 22.8 Å². The van der Waals surface area contributed by atoms with Gasteiger partial charge in [-0.25, -0.2) is 0 Å². The van der Waals surface area contributed by atoms with Crippen molar-refractivity contribution >= 4 is 11.0 Å². The third kappa shape index (κ3) is 1.62. The molecule has 0 spiro atoms. The molecule has 0 saturated heterocycles. The van der Waals surface area contributed by atoms with E-state index in [1.54, 1.807) is 18.2 Å². The lowest BCUT2D eigenvalue weighted by Crippen LogP contribution is -2.00. The average Bonchev–Trinajstić information content (AvgIpc) is 2.76. The fourth-order valence-corrected chi connectivity index (χ4v) is 2.00. The van der Waals surface area contributed by atoms with E-state index in [1.165, 1.54) is 4.80 Å². The van der Waals surface area contributed by atoms with Gasteiger partial charge in [0, 0.05) is 0 Å². The molecule has 0 radical (unpaired) electrons. The van der Waals surface area contributed by atoms with Gasteiger partial charge in [0.05, 0.1) is 1.37 Å². The van der Waals surface area contributed by atoms with Crippen molar-refractivity contribution in [1.82, 2.24) is 15.0 Å². The SMILES string of the molecule is [3H]c1ccc2nn(-c3cc(C)cc(C)c3O)nc2c1. The molecule has 3 aromatic rings. The molecule has 2 aromatic carbocycles. The zero-order valence-electron chi connectivity index (χ0n) is 11.2. The first-order chi connectivity index (χ1) is 9.04. The van der Waals surface area contributed by atoms with Crippen molar-refractivity contribution in [2.45, 2.75) is 13.8 Å². The molecule has 0 aliphatic rings. The minimum Gasteiger partial charge on any atom is -0.505 e. The van der Waals surface area contributed by atoms with Crippen molar-refractivity contribution in [3.63, 3.8) is 0 Å². The van der Waals surface area contributed by atoms with Crippen LogP contribution in [0, 0.1) is 13.8 Å². The minimum absolute atomic E-state index is 0.178. The Balaban J connectivity index is 2.24. The zero-order valence-corrected chi connectivity index (χ0v) is 10.2. The summed E-state index contributed by atoms with van der Waals surface area (Å²) in [6.07, 6.45) is 0. The quantitative estimate of drug-likeness (QED) is 0.712. The van der Waals surface area contributed by atoms with Gasteiger partial charge in [0.15, 0.2) is 0 Å². The lowest BCUT2D eigenvalue weighted by Gasteiger charge is -2.07. The van der Waals surface area contributed by atoms with Crippen LogP contribution in [-0.2, 0) is 0 Å². The van der Waals surface area contributed by atoms with E-state index in [2.05, 4.69) is 10.2 Å². The van der Waals surface area contributed by atoms with Crippen LogP contribution in [0.2, 0.25) is 0 Å². The second-order valence-corrected chi connectivity index (χ2v) is 4.35. The van der Waals surface area contributed by atoms with Crippen molar-refractivity contribution in [2.24, 2.45) is 0 Å². The third-order valence-corrected chi connectivity index (χ3v) is 2.87. The van der Waals surface area contributed by atoms with Crippen molar-refractivity contribution < 1.29 is 6.48 Å². The highest BCUT2D eigenvalue weighted by Gasteiger charge is 2.10. The first-order valence-corrected chi connectivity index (χ1v) is 5.69. The van der Waals surface area contributed by atoms with Gasteiger partial charge in [-0.15, -0.1) is 15.0 Å². The molecular formula is C14H13N3O. The number of aromatic hydroxyl groups is 1. The van der Waals surface area contributed by atoms with Crippen molar-refractivity contribution in [3.05, 3.63) is 47.5 Å². The Labute approximate surface area is 106 Å². The molecule has 90 valence electrons. The Bertz CT molecular complexity index is 780. The first kappa shape index (κ1) is 9.65. The van der Waals surface area contributed by atoms with E-state index in [9.17, 15) is 5.11 Å². The van der Waals surface area contributed by atoms with E-state index in [1.807, 2.05) is 26.0 Å². The Morgan fingerprint density at radius 3 is 2.67 bits per heavy atom. The number of hydrogen-bond acceptors (Lipinski definition) is 3. The maximum atomic E-state index is 10.1. The fraction of sp³-hybridized carbons (Fsp3) is 0.143. The average molecular weight is 241 g/mol. The van der Waals surface area contributed by atoms with E-state index in [4.69, 9.17) is 1.37 Å². The summed E-state index contributed by atoms with van der Waals surface area (Å²) in [5.74, 6) is 0.178. The molecule has 1 aromatic heterocycles. The summed E-state index contributed by atoms with van der Waals surface area (Å²) in [7, 11) is 0. The van der Waals surface area contributed by atoms with Crippen LogP contribution in [0.1, 0.15) is 12.5 Å². The van der Waals surface area contributed by atoms with Crippen LogP contribution in [0.3, 0.4) is 0 Å². The van der Waals surface area contributed by atoms with Crippen LogP contribution in [0.25, 0.3) is 16.7 Å². The van der Waals surface area contributed by atoms with Crippen LogP contribution in [-0.4, -0.2) is 20.1 Å². The van der Waals surface area contributed by atoms with Crippen molar-refractivity contribution in [1.29, 1.82) is 0 Å². The molecular weight excluding hydrogens is 226 g/mol. The number of aryl methyl sites for hydroxylation is 2. The molecule has 4 nitrogen and oxygen atoms in total. The van der Waals surface area contributed by atoms with Gasteiger partial charge in [0.2, 0.25) is 0 Å². The summed E-state index contributed by atoms with van der Waals surface area (Å²) in [6, 6.07) is 9.21. The number of phenols is 1. The second kappa shape index (κ2) is 3.84. The molecule has 0 unspecified atom stereocenters. The standard InChI is InChI=1S/C14H13N3O/c1-9-7-10(2)14(18)13(8-9)17-15-11-5-3-4-6-12(11)16-17/h3-8,18H,1-2H3/i3T. The lowest BCUT2D eigenvalue weighted by molar-refractivity contribution is 0.463. The third-order valence-electron chi connectivity index (χ3n) is 2.87. The first-order valence-electron chi connectivity index (χ1n) is 6.19. The van der Waals surface area contributed by atoms with Gasteiger partial charge in [-0.3, -0.25) is 0 Å². The highest BCUT2D eigenvalue weighted by atomic mass is 16.3. The van der Waals surface area contributed by atoms with Crippen LogP contribution in [0.15, 0.2) is 36.4 Å². The number of fused-ring (bicyclic) bond motifs is 1. The molecule has 0 aliphatic heterocycles. The molecule has 0 amide bonds. The molecule has 0 bridgehead atoms. The van der Waals surface area contributed by atoms with Crippen LogP contribution < -0.4 is 0 Å². The fourth-order valence-electron chi connectivity index (χ4n) is 2.00. The predicted molar refractivity (Wildman–Crippen MR) is 70.0 cm³/mol. The summed E-state index contributed by atoms with van der Waals surface area (Å²) >= 11 is 0. The second-order valence-electron chi connectivity index (χ2n) is 4.35. The molecule has 1 N–H and O–H groups in total. The topological polar surface area (TPSA) is 50.9 Å². The molecule has 0 atom stereocenters. The maximum Gasteiger partial charge on any atom is 0.146 e. The number of aromatic nitrogens is 3. The van der Waals surface area contributed by atoms with E-state index < -0.39 is 0 Å². The van der Waals surface area contributed by atoms with Gasteiger partial charge in [0.1, 0.15) is 22.5 Å². The monoisotopic (exact) mass is 241 g/mol. The van der Waals surface area contributed by atoms with Crippen LogP contribution in [0.5, 0.6) is 5.75 Å². The van der Waals surface area contributed by atoms with Gasteiger partial charge in [-0.1, -0.05) is 18.2 Å². The number of nitrogens with zero attached hydrogens (tertiary/aromatic N) is 3. The van der Waals surface area contributed by atoms with Gasteiger partial charge in [-0.05, 0) is 43.2 Å². The molecule has 3 rings (SSSR count). The van der Waals surface area contributed by atoms with Crippen molar-refractivity contribution in [3.8, 4) is 11.4 Å². The Morgan fingerprint density at radius 2 is 1.89 bits per heavy atom. The number of benzene rings is 2. The number of hydrogen-bond donors (Lipinski definition) is 1. The summed E-state index contributed by atoms with van der Waals surface area (Å²) in [5, 5.41) is 18.8. The summed E-state index contributed by atoms with van der Waals surface area (Å²) < 4.78 is 7.57. The number of rotatable bonds is 1. The van der Waals surface area contributed by atoms with Gasteiger partial charge >= 0.3 is 0 Å². The summed E-state index contributed by atoms with van der Waals surface area (Å²) in [5.41, 5.74) is 3.73. The molecule has 1 heterocycles. The van der Waals surface area contributed by atoms with Crippen LogP contribution >= 0.6 is 0 Å². The van der Waals surface area contributed by atoms with Gasteiger partial charge in [-0.2, -0.15) is 0 Å². The van der Waals surface area contributed by atoms with Crippen molar-refractivity contribution in [2.75, 3.05) is 0 Å². The van der Waals surface area contributed by atoms with Gasteiger partial charge in [0.25, 0.3) is 0 Å². The number of phenolic OH excluding ortho intramolecular Hbond substituents is 1. The van der Waals surface area contributed by atoms with Gasteiger partial charge < -0.3 is 5.11 Å². The van der Waals surface area contributed by atoms with E-state index in [0.717, 1.165) is 11.1 Å². The molecule has 0 fully saturated rings. The Hall–Kier alpha value is -2.36. The zero-order chi connectivity index (χ0) is 13.6. The smallest absolute Gasteiger partial charge is 0.146 e. The predicted octanol–water partition coefficient (Wildman–Crippen LogP) is 2.74. The lowest BCUT2D eigenvalue weighted by atomic mass is 10.1. The van der Waals surface area contributed by atoms with E-state index in [-0.39, 0.29) is 5.75 Å². The highest BCUT2D eigenvalue weighted by molar-refractivity contribution is 5.73. The normalized spacial score (nSPS) is 11.8. The Morgan fingerprint density at radius 1 is 1.17 bits per heavy atom. The molecule has 18 heavy (non-hydrogen) atoms.